The molecule has 0 aliphatic rings. The Hall–Kier alpha value is -2.29. The van der Waals surface area contributed by atoms with Gasteiger partial charge in [0.2, 0.25) is 0 Å². The molecule has 2 aromatic rings. The Kier molecular flexibility index (Phi) is 4.41. The number of ketones is 1. The van der Waals surface area contributed by atoms with Gasteiger partial charge in [-0.2, -0.15) is 0 Å². The van der Waals surface area contributed by atoms with Crippen LogP contribution in [-0.4, -0.2) is 20.0 Å². The lowest BCUT2D eigenvalue weighted by Gasteiger charge is -2.11. The minimum Gasteiger partial charge on any atom is -0.497 e. The molecule has 2 aromatic carbocycles. The van der Waals surface area contributed by atoms with Gasteiger partial charge in [0.05, 0.1) is 14.2 Å². The number of carbonyl (C=O) groups is 1. The smallest absolute Gasteiger partial charge is 0.134 e. The number of benzene rings is 2. The Balaban J connectivity index is 2.37. The van der Waals surface area contributed by atoms with Crippen molar-refractivity contribution in [1.82, 2.24) is 0 Å². The van der Waals surface area contributed by atoms with Crippen molar-refractivity contribution in [2.24, 2.45) is 0 Å². The van der Waals surface area contributed by atoms with Crippen molar-refractivity contribution in [3.8, 4) is 22.6 Å². The maximum atomic E-state index is 11.1. The first-order chi connectivity index (χ1) is 9.63. The Morgan fingerprint density at radius 2 is 1.70 bits per heavy atom. The van der Waals surface area contributed by atoms with Gasteiger partial charge in [-0.1, -0.05) is 24.3 Å². The first kappa shape index (κ1) is 14.1. The lowest BCUT2D eigenvalue weighted by molar-refractivity contribution is -0.116. The Labute approximate surface area is 119 Å². The highest BCUT2D eigenvalue weighted by atomic mass is 16.5. The predicted octanol–water partition coefficient (Wildman–Crippen LogP) is 3.50. The van der Waals surface area contributed by atoms with E-state index in [9.17, 15) is 4.79 Å². The van der Waals surface area contributed by atoms with E-state index in [4.69, 9.17) is 9.47 Å². The number of carbonyl (C=O) groups excluding carboxylic acids is 1. The van der Waals surface area contributed by atoms with Crippen molar-refractivity contribution in [3.05, 3.63) is 48.0 Å². The molecular formula is C17H18O3. The molecule has 0 N–H and O–H groups in total. The van der Waals surface area contributed by atoms with Crippen LogP contribution in [0, 0.1) is 0 Å². The number of rotatable bonds is 5. The van der Waals surface area contributed by atoms with Gasteiger partial charge in [-0.05, 0) is 36.2 Å². The van der Waals surface area contributed by atoms with Crippen molar-refractivity contribution < 1.29 is 14.3 Å². The van der Waals surface area contributed by atoms with Gasteiger partial charge in [0.1, 0.15) is 17.3 Å². The highest BCUT2D eigenvalue weighted by Crippen LogP contribution is 2.33. The van der Waals surface area contributed by atoms with Gasteiger partial charge in [0.25, 0.3) is 0 Å². The molecule has 0 atom stereocenters. The second-order valence-electron chi connectivity index (χ2n) is 4.64. The maximum Gasteiger partial charge on any atom is 0.134 e. The van der Waals surface area contributed by atoms with Gasteiger partial charge in [-0.3, -0.25) is 4.79 Å². The number of methoxy groups -OCH3 is 2. The third kappa shape index (κ3) is 3.18. The van der Waals surface area contributed by atoms with E-state index in [-0.39, 0.29) is 5.78 Å². The van der Waals surface area contributed by atoms with Gasteiger partial charge >= 0.3 is 0 Å². The van der Waals surface area contributed by atoms with Crippen molar-refractivity contribution in [1.29, 1.82) is 0 Å². The van der Waals surface area contributed by atoms with Crippen LogP contribution in [0.4, 0.5) is 0 Å². The highest BCUT2D eigenvalue weighted by Gasteiger charge is 2.08. The molecule has 0 bridgehead atoms. The zero-order chi connectivity index (χ0) is 14.5. The molecule has 0 aliphatic carbocycles. The summed E-state index contributed by atoms with van der Waals surface area (Å²) in [5.74, 6) is 1.75. The van der Waals surface area contributed by atoms with Crippen LogP contribution in [0.5, 0.6) is 11.5 Å². The number of Topliss-reactive ketones (excluding diaryl/α,β-unsaturated/α-hetero) is 1. The monoisotopic (exact) mass is 270 g/mol. The van der Waals surface area contributed by atoms with E-state index in [2.05, 4.69) is 0 Å². The van der Waals surface area contributed by atoms with Crippen LogP contribution in [-0.2, 0) is 11.2 Å². The van der Waals surface area contributed by atoms with Crippen molar-refractivity contribution in [2.45, 2.75) is 13.3 Å². The van der Waals surface area contributed by atoms with Crippen LogP contribution in [0.2, 0.25) is 0 Å². The molecular weight excluding hydrogens is 252 g/mol. The summed E-state index contributed by atoms with van der Waals surface area (Å²) in [6.07, 6.45) is 0.468. The summed E-state index contributed by atoms with van der Waals surface area (Å²) >= 11 is 0. The van der Waals surface area contributed by atoms with E-state index in [1.165, 1.54) is 0 Å². The lowest BCUT2D eigenvalue weighted by Crippen LogP contribution is -1.96. The topological polar surface area (TPSA) is 35.5 Å². The lowest BCUT2D eigenvalue weighted by atomic mass is 10.0. The van der Waals surface area contributed by atoms with Crippen LogP contribution in [0.3, 0.4) is 0 Å². The van der Waals surface area contributed by atoms with E-state index < -0.39 is 0 Å². The maximum absolute atomic E-state index is 11.1. The molecule has 0 amide bonds. The van der Waals surface area contributed by atoms with Gasteiger partial charge < -0.3 is 9.47 Å². The summed E-state index contributed by atoms with van der Waals surface area (Å²) in [4.78, 5) is 11.1. The summed E-state index contributed by atoms with van der Waals surface area (Å²) in [6, 6.07) is 13.6. The largest absolute Gasteiger partial charge is 0.497 e. The van der Waals surface area contributed by atoms with Crippen LogP contribution >= 0.6 is 0 Å². The van der Waals surface area contributed by atoms with Gasteiger partial charge in [0, 0.05) is 12.0 Å². The summed E-state index contributed by atoms with van der Waals surface area (Å²) in [5.41, 5.74) is 3.03. The molecule has 3 nitrogen and oxygen atoms in total. The molecule has 0 radical (unpaired) electrons. The van der Waals surface area contributed by atoms with Gasteiger partial charge in [-0.15, -0.1) is 0 Å². The van der Waals surface area contributed by atoms with Gasteiger partial charge in [0.15, 0.2) is 0 Å². The molecule has 0 saturated carbocycles. The highest BCUT2D eigenvalue weighted by molar-refractivity contribution is 5.79. The molecule has 3 heteroatoms. The van der Waals surface area contributed by atoms with Crippen LogP contribution in [0.25, 0.3) is 11.1 Å². The van der Waals surface area contributed by atoms with Crippen molar-refractivity contribution in [2.75, 3.05) is 14.2 Å². The quantitative estimate of drug-likeness (QED) is 0.834. The van der Waals surface area contributed by atoms with E-state index in [1.807, 2.05) is 42.5 Å². The summed E-state index contributed by atoms with van der Waals surface area (Å²) < 4.78 is 10.6. The predicted molar refractivity (Wildman–Crippen MR) is 79.4 cm³/mol. The van der Waals surface area contributed by atoms with Crippen molar-refractivity contribution in [3.63, 3.8) is 0 Å². The molecule has 0 heterocycles. The molecule has 0 saturated heterocycles. The Morgan fingerprint density at radius 1 is 1.00 bits per heavy atom. The molecule has 2 rings (SSSR count). The molecule has 20 heavy (non-hydrogen) atoms. The second kappa shape index (κ2) is 6.24. The van der Waals surface area contributed by atoms with Crippen LogP contribution in [0.1, 0.15) is 12.5 Å². The molecule has 104 valence electrons. The molecule has 0 aliphatic heterocycles. The number of hydrogen-bond acceptors (Lipinski definition) is 3. The van der Waals surface area contributed by atoms with Crippen LogP contribution in [0.15, 0.2) is 42.5 Å². The van der Waals surface area contributed by atoms with Gasteiger partial charge in [-0.25, -0.2) is 0 Å². The number of hydrogen-bond donors (Lipinski definition) is 0. The van der Waals surface area contributed by atoms with E-state index in [0.717, 1.165) is 28.2 Å². The third-order valence-corrected chi connectivity index (χ3v) is 3.12. The van der Waals surface area contributed by atoms with E-state index in [0.29, 0.717) is 6.42 Å². The molecule has 0 fully saturated rings. The third-order valence-electron chi connectivity index (χ3n) is 3.12. The average molecular weight is 270 g/mol. The Bertz CT molecular complexity index is 600. The fourth-order valence-electron chi connectivity index (χ4n) is 2.13. The summed E-state index contributed by atoms with van der Waals surface area (Å²) in [7, 11) is 3.29. The molecule has 0 spiro atoms. The fourth-order valence-corrected chi connectivity index (χ4v) is 2.13. The SMILES string of the molecule is COc1ccc(OC)c(-c2ccc(CC(C)=O)cc2)c1. The molecule has 0 aromatic heterocycles. The Morgan fingerprint density at radius 3 is 2.25 bits per heavy atom. The number of ether oxygens (including phenoxy) is 2. The summed E-state index contributed by atoms with van der Waals surface area (Å²) in [5, 5.41) is 0. The minimum atomic E-state index is 0.164. The van der Waals surface area contributed by atoms with Crippen molar-refractivity contribution >= 4 is 5.78 Å². The van der Waals surface area contributed by atoms with E-state index in [1.54, 1.807) is 21.1 Å². The zero-order valence-corrected chi connectivity index (χ0v) is 12.0. The summed E-state index contributed by atoms with van der Waals surface area (Å²) in [6.45, 7) is 1.60. The second-order valence-corrected chi connectivity index (χ2v) is 4.64. The zero-order valence-electron chi connectivity index (χ0n) is 12.0. The standard InChI is InChI=1S/C17H18O3/c1-12(18)10-13-4-6-14(7-5-13)16-11-15(19-2)8-9-17(16)20-3/h4-9,11H,10H2,1-3H3. The average Bonchev–Trinajstić information content (AvgIpc) is 2.46. The van der Waals surface area contributed by atoms with E-state index >= 15 is 0 Å². The first-order valence-corrected chi connectivity index (χ1v) is 6.45. The fraction of sp³-hybridized carbons (Fsp3) is 0.235. The van der Waals surface area contributed by atoms with Crippen LogP contribution < -0.4 is 9.47 Å². The normalized spacial score (nSPS) is 10.2. The molecule has 0 unspecified atom stereocenters. The minimum absolute atomic E-state index is 0.164. The first-order valence-electron chi connectivity index (χ1n) is 6.45.